The highest BCUT2D eigenvalue weighted by molar-refractivity contribution is 6.31. The second-order valence-electron chi connectivity index (χ2n) is 8.30. The minimum atomic E-state index is -0.528. The Labute approximate surface area is 185 Å². The second-order valence-corrected chi connectivity index (χ2v) is 8.73. The van der Waals surface area contributed by atoms with Gasteiger partial charge in [-0.3, -0.25) is 4.79 Å². The van der Waals surface area contributed by atoms with E-state index < -0.39 is 12.2 Å². The normalized spacial score (nSPS) is 19.3. The van der Waals surface area contributed by atoms with Crippen LogP contribution in [0, 0.1) is 0 Å². The van der Waals surface area contributed by atoms with Crippen molar-refractivity contribution in [3.63, 3.8) is 0 Å². The summed E-state index contributed by atoms with van der Waals surface area (Å²) in [6.45, 7) is 4.76. The van der Waals surface area contributed by atoms with Gasteiger partial charge in [0, 0.05) is 72.4 Å². The molecule has 2 aliphatic rings. The third kappa shape index (κ3) is 3.89. The van der Waals surface area contributed by atoms with E-state index in [2.05, 4.69) is 15.3 Å². The highest BCUT2D eigenvalue weighted by Gasteiger charge is 2.35. The standard InChI is InChI=1S/C23H25ClN4O3/c1-13(29)8-16-12-19-17(2-3-26-22(19)27-16)18-11-15(24)9-14-10-20(31-21(14)18)23(30)28-6-4-25-5-7-28/h2-3,9,11-13,20,25,29H,4-8,10H2,1H3,(H,26,27)/t13?,20-/m1/s1. The van der Waals surface area contributed by atoms with Gasteiger partial charge in [-0.15, -0.1) is 0 Å². The Bertz CT molecular complexity index is 1140. The van der Waals surface area contributed by atoms with Gasteiger partial charge in [-0.25, -0.2) is 4.98 Å². The molecule has 0 bridgehead atoms. The van der Waals surface area contributed by atoms with Crippen LogP contribution in [-0.4, -0.2) is 64.3 Å². The molecular formula is C23H25ClN4O3. The SMILES string of the molecule is CC(O)Cc1cc2c(-c3cc(Cl)cc4c3O[C@@H](C(=O)N3CCNCC3)C4)ccnc2[nH]1. The number of fused-ring (bicyclic) bond motifs is 2. The molecule has 0 saturated carbocycles. The van der Waals surface area contributed by atoms with E-state index in [1.54, 1.807) is 13.1 Å². The lowest BCUT2D eigenvalue weighted by Crippen LogP contribution is -2.50. The molecule has 8 heteroatoms. The first-order chi connectivity index (χ1) is 15.0. The maximum absolute atomic E-state index is 13.0. The van der Waals surface area contributed by atoms with Crippen LogP contribution in [-0.2, 0) is 17.6 Å². The van der Waals surface area contributed by atoms with Gasteiger partial charge in [-0.2, -0.15) is 0 Å². The molecule has 7 nitrogen and oxygen atoms in total. The van der Waals surface area contributed by atoms with E-state index in [1.807, 2.05) is 29.2 Å². The Balaban J connectivity index is 1.52. The zero-order valence-corrected chi connectivity index (χ0v) is 18.1. The highest BCUT2D eigenvalue weighted by Crippen LogP contribution is 2.43. The first-order valence-electron chi connectivity index (χ1n) is 10.6. The number of piperazine rings is 1. The van der Waals surface area contributed by atoms with Crippen molar-refractivity contribution in [2.24, 2.45) is 0 Å². The van der Waals surface area contributed by atoms with Crippen LogP contribution in [0.5, 0.6) is 5.75 Å². The molecule has 2 aromatic heterocycles. The van der Waals surface area contributed by atoms with Crippen molar-refractivity contribution in [2.75, 3.05) is 26.2 Å². The molecule has 3 N–H and O–H groups in total. The molecule has 1 amide bonds. The zero-order chi connectivity index (χ0) is 21.5. The molecule has 1 saturated heterocycles. The highest BCUT2D eigenvalue weighted by atomic mass is 35.5. The van der Waals surface area contributed by atoms with Gasteiger partial charge in [0.05, 0.1) is 6.10 Å². The molecule has 1 aromatic carbocycles. The van der Waals surface area contributed by atoms with Crippen molar-refractivity contribution in [3.8, 4) is 16.9 Å². The van der Waals surface area contributed by atoms with Crippen molar-refractivity contribution >= 4 is 28.5 Å². The number of H-pyrrole nitrogens is 1. The molecule has 1 fully saturated rings. The smallest absolute Gasteiger partial charge is 0.264 e. The van der Waals surface area contributed by atoms with Gasteiger partial charge in [0.15, 0.2) is 6.10 Å². The average molecular weight is 441 g/mol. The first-order valence-corrected chi connectivity index (χ1v) is 11.0. The number of aliphatic hydroxyl groups is 1. The summed E-state index contributed by atoms with van der Waals surface area (Å²) in [5.74, 6) is 0.740. The molecule has 1 unspecified atom stereocenters. The van der Waals surface area contributed by atoms with Gasteiger partial charge >= 0.3 is 0 Å². The number of benzene rings is 1. The summed E-state index contributed by atoms with van der Waals surface area (Å²) in [5.41, 5.74) is 4.39. The minimum Gasteiger partial charge on any atom is -0.479 e. The quantitative estimate of drug-likeness (QED) is 0.580. The summed E-state index contributed by atoms with van der Waals surface area (Å²) < 4.78 is 6.24. The molecule has 2 atom stereocenters. The van der Waals surface area contributed by atoms with Gasteiger partial charge in [0.2, 0.25) is 0 Å². The molecule has 0 aliphatic carbocycles. The number of amides is 1. The molecule has 2 aliphatic heterocycles. The maximum atomic E-state index is 13.0. The van der Waals surface area contributed by atoms with Crippen LogP contribution in [0.2, 0.25) is 5.02 Å². The van der Waals surface area contributed by atoms with E-state index in [1.165, 1.54) is 0 Å². The molecule has 3 aromatic rings. The van der Waals surface area contributed by atoms with Gasteiger partial charge in [0.1, 0.15) is 11.4 Å². The number of rotatable bonds is 4. The number of aliphatic hydroxyl groups excluding tert-OH is 1. The Hall–Kier alpha value is -2.61. The monoisotopic (exact) mass is 440 g/mol. The van der Waals surface area contributed by atoms with Crippen LogP contribution in [0.15, 0.2) is 30.5 Å². The number of nitrogens with one attached hydrogen (secondary N) is 2. The lowest BCUT2D eigenvalue weighted by molar-refractivity contribution is -0.138. The summed E-state index contributed by atoms with van der Waals surface area (Å²) in [5, 5.41) is 14.6. The molecule has 162 valence electrons. The first kappa shape index (κ1) is 20.3. The number of ether oxygens (including phenoxy) is 1. The number of hydrogen-bond acceptors (Lipinski definition) is 5. The lowest BCUT2D eigenvalue weighted by atomic mass is 9.99. The summed E-state index contributed by atoms with van der Waals surface area (Å²) >= 11 is 6.46. The third-order valence-corrected chi connectivity index (χ3v) is 6.11. The summed E-state index contributed by atoms with van der Waals surface area (Å²) in [6, 6.07) is 7.72. The Morgan fingerprint density at radius 1 is 1.32 bits per heavy atom. The van der Waals surface area contributed by atoms with Crippen molar-refractivity contribution < 1.29 is 14.6 Å². The largest absolute Gasteiger partial charge is 0.479 e. The number of pyridine rings is 1. The fourth-order valence-corrected chi connectivity index (χ4v) is 4.74. The Kier molecular flexibility index (Phi) is 5.33. The van der Waals surface area contributed by atoms with Gasteiger partial charge in [-0.1, -0.05) is 11.6 Å². The van der Waals surface area contributed by atoms with E-state index in [-0.39, 0.29) is 5.91 Å². The Morgan fingerprint density at radius 2 is 2.13 bits per heavy atom. The van der Waals surface area contributed by atoms with Crippen LogP contribution in [0.1, 0.15) is 18.2 Å². The van der Waals surface area contributed by atoms with Gasteiger partial charge in [-0.05, 0) is 36.8 Å². The number of nitrogens with zero attached hydrogens (tertiary/aromatic N) is 2. The van der Waals surface area contributed by atoms with Crippen molar-refractivity contribution in [1.82, 2.24) is 20.2 Å². The van der Waals surface area contributed by atoms with Gasteiger partial charge in [0.25, 0.3) is 5.91 Å². The van der Waals surface area contributed by atoms with E-state index in [0.29, 0.717) is 36.7 Å². The maximum Gasteiger partial charge on any atom is 0.264 e. The second kappa shape index (κ2) is 8.15. The van der Waals surface area contributed by atoms with E-state index >= 15 is 0 Å². The van der Waals surface area contributed by atoms with E-state index in [0.717, 1.165) is 46.5 Å². The number of aromatic nitrogens is 2. The molecule has 0 spiro atoms. The van der Waals surface area contributed by atoms with E-state index in [9.17, 15) is 9.90 Å². The summed E-state index contributed by atoms with van der Waals surface area (Å²) in [4.78, 5) is 22.6. The van der Waals surface area contributed by atoms with E-state index in [4.69, 9.17) is 16.3 Å². The topological polar surface area (TPSA) is 90.5 Å². The van der Waals surface area contributed by atoms with Crippen LogP contribution in [0.3, 0.4) is 0 Å². The third-order valence-electron chi connectivity index (χ3n) is 5.89. The molecular weight excluding hydrogens is 416 g/mol. The lowest BCUT2D eigenvalue weighted by Gasteiger charge is -2.29. The van der Waals surface area contributed by atoms with Crippen molar-refractivity contribution in [2.45, 2.75) is 32.0 Å². The predicted octanol–water partition coefficient (Wildman–Crippen LogP) is 2.54. The fourth-order valence-electron chi connectivity index (χ4n) is 4.50. The Morgan fingerprint density at radius 3 is 2.90 bits per heavy atom. The zero-order valence-electron chi connectivity index (χ0n) is 17.3. The molecule has 5 rings (SSSR count). The number of halogens is 1. The van der Waals surface area contributed by atoms with Crippen LogP contribution >= 0.6 is 11.6 Å². The van der Waals surface area contributed by atoms with Crippen molar-refractivity contribution in [3.05, 3.63) is 46.7 Å². The van der Waals surface area contributed by atoms with Crippen molar-refractivity contribution in [1.29, 1.82) is 0 Å². The average Bonchev–Trinajstić information content (AvgIpc) is 3.36. The van der Waals surface area contributed by atoms with Crippen LogP contribution in [0.4, 0.5) is 0 Å². The fraction of sp³-hybridized carbons (Fsp3) is 0.391. The number of carbonyl (C=O) groups excluding carboxylic acids is 1. The molecule has 4 heterocycles. The van der Waals surface area contributed by atoms with Crippen LogP contribution in [0.25, 0.3) is 22.2 Å². The number of aromatic amines is 1. The number of hydrogen-bond donors (Lipinski definition) is 3. The predicted molar refractivity (Wildman–Crippen MR) is 119 cm³/mol. The molecule has 31 heavy (non-hydrogen) atoms. The summed E-state index contributed by atoms with van der Waals surface area (Å²) in [6.07, 6.45) is 1.79. The summed E-state index contributed by atoms with van der Waals surface area (Å²) in [7, 11) is 0. The molecule has 0 radical (unpaired) electrons. The van der Waals surface area contributed by atoms with Crippen LogP contribution < -0.4 is 10.1 Å². The number of carbonyl (C=O) groups is 1. The van der Waals surface area contributed by atoms with Gasteiger partial charge < -0.3 is 25.0 Å². The minimum absolute atomic E-state index is 0.0283.